The molecule has 24 heavy (non-hydrogen) atoms. The summed E-state index contributed by atoms with van der Waals surface area (Å²) in [7, 11) is 0. The monoisotopic (exact) mass is 384 g/mol. The van der Waals surface area contributed by atoms with Crippen molar-refractivity contribution in [2.45, 2.75) is 99.1 Å². The van der Waals surface area contributed by atoms with Crippen LogP contribution in [0.25, 0.3) is 0 Å². The van der Waals surface area contributed by atoms with Gasteiger partial charge in [0.15, 0.2) is 0 Å². The Hall–Kier alpha value is 0.371. The Morgan fingerprint density at radius 1 is 0.875 bits per heavy atom. The quantitative estimate of drug-likeness (QED) is 0.299. The summed E-state index contributed by atoms with van der Waals surface area (Å²) < 4.78 is 6.00. The van der Waals surface area contributed by atoms with Crippen molar-refractivity contribution in [2.75, 3.05) is 6.54 Å². The van der Waals surface area contributed by atoms with Gasteiger partial charge in [-0.3, -0.25) is 0 Å². The molecule has 1 aliphatic rings. The van der Waals surface area contributed by atoms with Gasteiger partial charge >= 0.3 is 160 Å². The van der Waals surface area contributed by atoms with Crippen LogP contribution in [-0.2, 0) is 17.4 Å². The van der Waals surface area contributed by atoms with Gasteiger partial charge in [-0.15, -0.1) is 0 Å². The van der Waals surface area contributed by atoms with Crippen LogP contribution >= 0.6 is 0 Å². The van der Waals surface area contributed by atoms with Crippen LogP contribution in [0.3, 0.4) is 0 Å². The van der Waals surface area contributed by atoms with Crippen LogP contribution in [-0.4, -0.2) is 13.2 Å². The number of unbranched alkanes of at least 4 members (excludes halogenated alkanes) is 7. The Labute approximate surface area is 159 Å². The molecule has 0 spiro atoms. The molecule has 0 saturated carbocycles. The topological polar surface area (TPSA) is 12.0 Å². The van der Waals surface area contributed by atoms with Gasteiger partial charge in [0.25, 0.3) is 0 Å². The average Bonchev–Trinajstić information content (AvgIpc) is 2.73. The Balaban J connectivity index is 2.36. The molecule has 1 atom stereocenters. The first-order valence-corrected chi connectivity index (χ1v) is 17.6. The first-order chi connectivity index (χ1) is 11.4. The van der Waals surface area contributed by atoms with E-state index in [1.165, 1.54) is 57.9 Å². The predicted octanol–water partition coefficient (Wildman–Crippen LogP) is 6.49. The fourth-order valence-corrected chi connectivity index (χ4v) is 15.3. The molecule has 1 nitrogen and oxygen atoms in total. The number of allylic oxidation sites excluding steroid dienone is 4. The summed E-state index contributed by atoms with van der Waals surface area (Å²) in [4.78, 5) is 0. The molecule has 0 aliphatic heterocycles. The van der Waals surface area contributed by atoms with Crippen LogP contribution in [0.4, 0.5) is 0 Å². The summed E-state index contributed by atoms with van der Waals surface area (Å²) in [5, 5.41) is 0. The molecule has 0 bridgehead atoms. The van der Waals surface area contributed by atoms with Gasteiger partial charge in [0.1, 0.15) is 0 Å². The minimum absolute atomic E-state index is 0.577. The molecule has 1 aliphatic carbocycles. The zero-order valence-corrected chi connectivity index (χ0v) is 20.2. The third-order valence-corrected chi connectivity index (χ3v) is 17.7. The van der Waals surface area contributed by atoms with E-state index >= 15 is 0 Å². The molecule has 1 N–H and O–H groups in total. The summed E-state index contributed by atoms with van der Waals surface area (Å²) in [6.07, 6.45) is 11.4. The van der Waals surface area contributed by atoms with Crippen molar-refractivity contribution in [3.63, 3.8) is 0 Å². The molecule has 0 aromatic rings. The molecule has 0 saturated heterocycles. The van der Waals surface area contributed by atoms with Crippen molar-refractivity contribution >= 4 is 6.66 Å². The first-order valence-electron chi connectivity index (χ1n) is 10.4. The second kappa shape index (κ2) is 11.9. The van der Waals surface area contributed by atoms with E-state index in [2.05, 4.69) is 51.5 Å². The summed E-state index contributed by atoms with van der Waals surface area (Å²) in [5.74, 6) is 0.723. The molecule has 0 aromatic heterocycles. The van der Waals surface area contributed by atoms with E-state index in [9.17, 15) is 0 Å². The van der Waals surface area contributed by atoms with Crippen LogP contribution < -0.4 is 3.80 Å². The van der Waals surface area contributed by atoms with Crippen molar-refractivity contribution in [3.8, 4) is 0 Å². The molecule has 0 aromatic carbocycles. The van der Waals surface area contributed by atoms with Gasteiger partial charge in [-0.2, -0.15) is 0 Å². The maximum absolute atomic E-state index is 4.12. The van der Waals surface area contributed by atoms with Crippen LogP contribution in [0, 0.1) is 5.92 Å². The number of rotatable bonds is 12. The summed E-state index contributed by atoms with van der Waals surface area (Å²) in [5.41, 5.74) is 4.88. The van der Waals surface area contributed by atoms with E-state index in [1.54, 1.807) is 16.7 Å². The Kier molecular flexibility index (Phi) is 11.1. The van der Waals surface area contributed by atoms with Crippen molar-refractivity contribution in [1.82, 2.24) is 3.80 Å². The van der Waals surface area contributed by atoms with E-state index in [-0.39, 0.29) is 0 Å². The molecular weight excluding hydrogens is 342 g/mol. The molecule has 0 fully saturated rings. The first kappa shape index (κ1) is 22.4. The average molecular weight is 385 g/mol. The van der Waals surface area contributed by atoms with Crippen LogP contribution in [0.2, 0.25) is 13.1 Å². The number of hydrogen-bond acceptors (Lipinski definition) is 1. The third-order valence-electron chi connectivity index (χ3n) is 5.85. The zero-order valence-electron chi connectivity index (χ0n) is 17.5. The molecule has 1 rings (SSSR count). The Morgan fingerprint density at radius 3 is 1.88 bits per heavy atom. The summed E-state index contributed by atoms with van der Waals surface area (Å²) in [6, 6.07) is 0. The van der Waals surface area contributed by atoms with Crippen molar-refractivity contribution < 1.29 is 17.4 Å². The molecule has 3 heteroatoms. The number of nitrogens with one attached hydrogen (secondary N) is 1. The van der Waals surface area contributed by atoms with Gasteiger partial charge in [-0.05, 0) is 0 Å². The van der Waals surface area contributed by atoms with Gasteiger partial charge in [-0.1, -0.05) is 0 Å². The molecule has 139 valence electrons. The van der Waals surface area contributed by atoms with Gasteiger partial charge in [0.2, 0.25) is 0 Å². The summed E-state index contributed by atoms with van der Waals surface area (Å²) >= 11 is -1.22. The van der Waals surface area contributed by atoms with Crippen LogP contribution in [0.15, 0.2) is 20.6 Å². The summed E-state index contributed by atoms with van der Waals surface area (Å²) in [6.45, 7) is 17.7. The molecular formula is C21H42NSiTi. The van der Waals surface area contributed by atoms with Crippen molar-refractivity contribution in [2.24, 2.45) is 5.92 Å². The van der Waals surface area contributed by atoms with Gasteiger partial charge in [0, 0.05) is 0 Å². The van der Waals surface area contributed by atoms with Crippen molar-refractivity contribution in [1.29, 1.82) is 0 Å². The molecule has 0 radical (unpaired) electrons. The van der Waals surface area contributed by atoms with Crippen LogP contribution in [0.1, 0.15) is 86.0 Å². The SMILES string of the molecule is CCCCCCCCCC[NH][Ti]([C]1=C(C)C(C)=C(C)C1C)[SiH](C)C. The normalized spacial score (nSPS) is 18.2. The fraction of sp³-hybridized carbons (Fsp3) is 0.810. The predicted molar refractivity (Wildman–Crippen MR) is 110 cm³/mol. The van der Waals surface area contributed by atoms with E-state index in [0.717, 1.165) is 5.92 Å². The second-order valence-corrected chi connectivity index (χ2v) is 20.8. The Bertz CT molecular complexity index is 439. The van der Waals surface area contributed by atoms with E-state index in [0.29, 0.717) is 0 Å². The molecule has 0 heterocycles. The van der Waals surface area contributed by atoms with E-state index < -0.39 is 24.0 Å². The minimum atomic E-state index is -1.22. The fourth-order valence-electron chi connectivity index (χ4n) is 3.89. The van der Waals surface area contributed by atoms with Crippen LogP contribution in [0.5, 0.6) is 0 Å². The molecule has 1 unspecified atom stereocenters. The van der Waals surface area contributed by atoms with Gasteiger partial charge in [-0.25, -0.2) is 0 Å². The molecule has 0 amide bonds. The zero-order chi connectivity index (χ0) is 18.1. The standard InChI is InChI=1S/C10H22N.C9H13.C2H7Si.Ti/c1-2-3-4-5-6-7-8-9-10-11;1-6-5-7(2)9(4)8(6)3;1-3-2;/h11H,2-10H2,1H3;6H,1-4H3;3H,1-2H3;/q-1;;;+1. The second-order valence-electron chi connectivity index (χ2n) is 8.04. The van der Waals surface area contributed by atoms with Crippen molar-refractivity contribution in [3.05, 3.63) is 20.6 Å². The van der Waals surface area contributed by atoms with Gasteiger partial charge < -0.3 is 0 Å². The number of hydrogen-bond donors (Lipinski definition) is 1. The van der Waals surface area contributed by atoms with E-state index in [4.69, 9.17) is 0 Å². The van der Waals surface area contributed by atoms with Gasteiger partial charge in [0.05, 0.1) is 0 Å². The van der Waals surface area contributed by atoms with E-state index in [1.807, 2.05) is 3.88 Å². The Morgan fingerprint density at radius 2 is 1.42 bits per heavy atom. The maximum atomic E-state index is 4.12. The third kappa shape index (κ3) is 6.59.